The Morgan fingerprint density at radius 3 is 2.76 bits per heavy atom. The van der Waals surface area contributed by atoms with E-state index in [0.29, 0.717) is 17.8 Å². The third-order valence-corrected chi connectivity index (χ3v) is 5.56. The number of amides is 1. The summed E-state index contributed by atoms with van der Waals surface area (Å²) in [7, 11) is 0. The van der Waals surface area contributed by atoms with E-state index in [4.69, 9.17) is 5.73 Å². The minimum absolute atomic E-state index is 0.233. The lowest BCUT2D eigenvalue weighted by molar-refractivity contribution is -0.114. The van der Waals surface area contributed by atoms with Gasteiger partial charge in [0.15, 0.2) is 0 Å². The van der Waals surface area contributed by atoms with Crippen LogP contribution in [0.2, 0.25) is 0 Å². The predicted molar refractivity (Wildman–Crippen MR) is 83.5 cm³/mol. The van der Waals surface area contributed by atoms with Crippen molar-refractivity contribution in [2.75, 3.05) is 0 Å². The molecule has 2 nitrogen and oxygen atoms in total. The first-order valence-electron chi connectivity index (χ1n) is 7.97. The van der Waals surface area contributed by atoms with E-state index in [9.17, 15) is 4.79 Å². The third kappa shape index (κ3) is 2.23. The highest BCUT2D eigenvalue weighted by molar-refractivity contribution is 5.92. The molecule has 2 heteroatoms. The SMILES string of the molecule is NC(=O)C1=CCC2CC3Cc4ccccc4CC3=CC2C1. The molecule has 108 valence electrons. The summed E-state index contributed by atoms with van der Waals surface area (Å²) in [6.07, 6.45) is 9.98. The highest BCUT2D eigenvalue weighted by Crippen LogP contribution is 2.45. The van der Waals surface area contributed by atoms with Crippen LogP contribution < -0.4 is 5.73 Å². The van der Waals surface area contributed by atoms with Gasteiger partial charge < -0.3 is 5.73 Å². The fourth-order valence-corrected chi connectivity index (χ4v) is 4.40. The molecule has 3 aliphatic rings. The van der Waals surface area contributed by atoms with Crippen molar-refractivity contribution >= 4 is 5.91 Å². The molecule has 21 heavy (non-hydrogen) atoms. The van der Waals surface area contributed by atoms with Crippen LogP contribution in [0.15, 0.2) is 47.6 Å². The number of rotatable bonds is 1. The van der Waals surface area contributed by atoms with Crippen LogP contribution in [0.5, 0.6) is 0 Å². The van der Waals surface area contributed by atoms with Gasteiger partial charge in [0.05, 0.1) is 0 Å². The summed E-state index contributed by atoms with van der Waals surface area (Å²) in [5.41, 5.74) is 10.9. The number of allylic oxidation sites excluding steroid dienone is 3. The predicted octanol–water partition coefficient (Wildman–Crippen LogP) is 3.17. The fraction of sp³-hybridized carbons (Fsp3) is 0.421. The summed E-state index contributed by atoms with van der Waals surface area (Å²) in [4.78, 5) is 11.4. The van der Waals surface area contributed by atoms with Gasteiger partial charge in [-0.25, -0.2) is 0 Å². The van der Waals surface area contributed by atoms with Gasteiger partial charge in [0.25, 0.3) is 0 Å². The van der Waals surface area contributed by atoms with Crippen molar-refractivity contribution in [1.82, 2.24) is 0 Å². The maximum atomic E-state index is 11.4. The molecular formula is C19H21NO. The Labute approximate surface area is 125 Å². The van der Waals surface area contributed by atoms with Crippen LogP contribution in [-0.2, 0) is 17.6 Å². The minimum Gasteiger partial charge on any atom is -0.366 e. The van der Waals surface area contributed by atoms with Gasteiger partial charge >= 0.3 is 0 Å². The van der Waals surface area contributed by atoms with Crippen LogP contribution in [0.3, 0.4) is 0 Å². The average Bonchev–Trinajstić information content (AvgIpc) is 2.50. The monoisotopic (exact) mass is 279 g/mol. The minimum atomic E-state index is -0.233. The lowest BCUT2D eigenvalue weighted by Gasteiger charge is -2.40. The van der Waals surface area contributed by atoms with Crippen molar-refractivity contribution in [2.24, 2.45) is 23.5 Å². The van der Waals surface area contributed by atoms with Gasteiger partial charge in [-0.1, -0.05) is 42.0 Å². The van der Waals surface area contributed by atoms with Crippen LogP contribution in [0.1, 0.15) is 30.4 Å². The lowest BCUT2D eigenvalue weighted by atomic mass is 9.65. The molecule has 0 spiro atoms. The molecule has 0 saturated carbocycles. The second kappa shape index (κ2) is 4.87. The average molecular weight is 279 g/mol. The maximum Gasteiger partial charge on any atom is 0.244 e. The molecule has 3 atom stereocenters. The Balaban J connectivity index is 1.62. The molecule has 4 rings (SSSR count). The molecule has 0 radical (unpaired) electrons. The van der Waals surface area contributed by atoms with Gasteiger partial charge in [-0.2, -0.15) is 0 Å². The highest BCUT2D eigenvalue weighted by atomic mass is 16.1. The van der Waals surface area contributed by atoms with Crippen LogP contribution in [-0.4, -0.2) is 5.91 Å². The summed E-state index contributed by atoms with van der Waals surface area (Å²) in [5, 5.41) is 0. The van der Waals surface area contributed by atoms with Crippen molar-refractivity contribution in [3.63, 3.8) is 0 Å². The first-order chi connectivity index (χ1) is 10.2. The zero-order valence-electron chi connectivity index (χ0n) is 12.2. The maximum absolute atomic E-state index is 11.4. The number of carbonyl (C=O) groups is 1. The first kappa shape index (κ1) is 12.9. The van der Waals surface area contributed by atoms with E-state index < -0.39 is 0 Å². The molecule has 3 unspecified atom stereocenters. The van der Waals surface area contributed by atoms with Crippen molar-refractivity contribution in [3.8, 4) is 0 Å². The van der Waals surface area contributed by atoms with E-state index >= 15 is 0 Å². The highest BCUT2D eigenvalue weighted by Gasteiger charge is 2.35. The molecule has 0 saturated heterocycles. The molecule has 1 amide bonds. The topological polar surface area (TPSA) is 43.1 Å². The molecule has 1 aromatic rings. The van der Waals surface area contributed by atoms with E-state index in [2.05, 4.69) is 36.4 Å². The second-order valence-corrected chi connectivity index (χ2v) is 6.78. The van der Waals surface area contributed by atoms with Gasteiger partial charge in [-0.15, -0.1) is 0 Å². The molecule has 0 bridgehead atoms. The van der Waals surface area contributed by atoms with Crippen LogP contribution >= 0.6 is 0 Å². The molecule has 0 aliphatic heterocycles. The molecule has 0 fully saturated rings. The van der Waals surface area contributed by atoms with Crippen molar-refractivity contribution in [1.29, 1.82) is 0 Å². The van der Waals surface area contributed by atoms with Crippen LogP contribution in [0.25, 0.3) is 0 Å². The number of nitrogens with two attached hydrogens (primary N) is 1. The number of primary amides is 1. The fourth-order valence-electron chi connectivity index (χ4n) is 4.40. The molecule has 3 aliphatic carbocycles. The summed E-state index contributed by atoms with van der Waals surface area (Å²) in [6.45, 7) is 0. The zero-order valence-corrected chi connectivity index (χ0v) is 12.2. The quantitative estimate of drug-likeness (QED) is 0.788. The molecule has 1 aromatic carbocycles. The van der Waals surface area contributed by atoms with Gasteiger partial charge in [0, 0.05) is 5.57 Å². The third-order valence-electron chi connectivity index (χ3n) is 5.56. The number of hydrogen-bond donors (Lipinski definition) is 1. The van der Waals surface area contributed by atoms with E-state index in [1.807, 2.05) is 0 Å². The normalized spacial score (nSPS) is 30.4. The van der Waals surface area contributed by atoms with Crippen molar-refractivity contribution in [3.05, 3.63) is 58.7 Å². The van der Waals surface area contributed by atoms with Gasteiger partial charge in [-0.05, 0) is 61.0 Å². The second-order valence-electron chi connectivity index (χ2n) is 6.78. The van der Waals surface area contributed by atoms with Crippen LogP contribution in [0.4, 0.5) is 0 Å². The van der Waals surface area contributed by atoms with E-state index in [0.717, 1.165) is 24.8 Å². The standard InChI is InChI=1S/C19H21NO/c20-19(21)15-6-5-14-9-17-7-12-3-1-2-4-13(12)8-18(17)11-16(14)10-15/h1-4,6,11,14,16-17H,5,7-10H2,(H2,20,21). The van der Waals surface area contributed by atoms with Crippen LogP contribution in [0, 0.1) is 17.8 Å². The molecular weight excluding hydrogens is 258 g/mol. The van der Waals surface area contributed by atoms with Gasteiger partial charge in [0.1, 0.15) is 0 Å². The first-order valence-corrected chi connectivity index (χ1v) is 7.97. The Hall–Kier alpha value is -1.83. The lowest BCUT2D eigenvalue weighted by Crippen LogP contribution is -2.32. The van der Waals surface area contributed by atoms with E-state index in [1.165, 1.54) is 24.0 Å². The Bertz CT molecular complexity index is 655. The number of carbonyl (C=O) groups excluding carboxylic acids is 1. The Morgan fingerprint density at radius 1 is 1.14 bits per heavy atom. The van der Waals surface area contributed by atoms with Gasteiger partial charge in [-0.3, -0.25) is 4.79 Å². The van der Waals surface area contributed by atoms with Crippen molar-refractivity contribution < 1.29 is 4.79 Å². The van der Waals surface area contributed by atoms with Gasteiger partial charge in [0.2, 0.25) is 5.91 Å². The largest absolute Gasteiger partial charge is 0.366 e. The molecule has 2 N–H and O–H groups in total. The summed E-state index contributed by atoms with van der Waals surface area (Å²) in [5.74, 6) is 1.70. The zero-order chi connectivity index (χ0) is 14.4. The number of benzene rings is 1. The van der Waals surface area contributed by atoms with E-state index in [1.54, 1.807) is 5.57 Å². The summed E-state index contributed by atoms with van der Waals surface area (Å²) in [6, 6.07) is 8.83. The molecule has 0 heterocycles. The number of fused-ring (bicyclic) bond motifs is 3. The smallest absolute Gasteiger partial charge is 0.244 e. The Morgan fingerprint density at radius 2 is 1.95 bits per heavy atom. The summed E-state index contributed by atoms with van der Waals surface area (Å²) < 4.78 is 0. The summed E-state index contributed by atoms with van der Waals surface area (Å²) >= 11 is 0. The Kier molecular flexibility index (Phi) is 2.99. The molecule has 0 aromatic heterocycles. The number of hydrogen-bond acceptors (Lipinski definition) is 1. The van der Waals surface area contributed by atoms with E-state index in [-0.39, 0.29) is 5.91 Å². The van der Waals surface area contributed by atoms with Crippen molar-refractivity contribution in [2.45, 2.75) is 32.1 Å².